The van der Waals surface area contributed by atoms with E-state index in [1.807, 2.05) is 73.2 Å². The van der Waals surface area contributed by atoms with E-state index >= 15 is 0 Å². The zero-order valence-electron chi connectivity index (χ0n) is 19.2. The van der Waals surface area contributed by atoms with Crippen molar-refractivity contribution in [1.82, 2.24) is 14.8 Å². The van der Waals surface area contributed by atoms with Gasteiger partial charge >= 0.3 is 0 Å². The van der Waals surface area contributed by atoms with Crippen molar-refractivity contribution in [2.45, 2.75) is 33.9 Å². The largest absolute Gasteiger partial charge is 0.350 e. The molecule has 0 unspecified atom stereocenters. The second-order valence-corrected chi connectivity index (χ2v) is 8.86. The predicted octanol–water partition coefficient (Wildman–Crippen LogP) is 3.66. The van der Waals surface area contributed by atoms with E-state index in [9.17, 15) is 14.9 Å². The molecule has 0 saturated carbocycles. The lowest BCUT2D eigenvalue weighted by Gasteiger charge is -2.20. The highest BCUT2D eigenvalue weighted by Crippen LogP contribution is 2.27. The number of rotatable bonds is 10. The minimum Gasteiger partial charge on any atom is -0.350 e. The maximum atomic E-state index is 12.9. The first-order valence-electron chi connectivity index (χ1n) is 10.9. The lowest BCUT2D eigenvalue weighted by molar-refractivity contribution is -0.123. The molecular formula is C25H29N5O2S. The predicted molar refractivity (Wildman–Crippen MR) is 131 cm³/mol. The molecular weight excluding hydrogens is 434 g/mol. The summed E-state index contributed by atoms with van der Waals surface area (Å²) in [7, 11) is 0. The number of benzene rings is 1. The van der Waals surface area contributed by atoms with E-state index in [1.165, 1.54) is 0 Å². The monoisotopic (exact) mass is 463 g/mol. The molecule has 3 rings (SSSR count). The van der Waals surface area contributed by atoms with E-state index in [-0.39, 0.29) is 24.9 Å². The molecule has 8 heteroatoms. The number of carbonyl (C=O) groups excluding carboxylic acids is 2. The fourth-order valence-electron chi connectivity index (χ4n) is 3.61. The number of anilines is 1. The topological polar surface area (TPSA) is 90.2 Å². The van der Waals surface area contributed by atoms with Gasteiger partial charge in [-0.05, 0) is 43.0 Å². The molecule has 0 spiro atoms. The number of nitriles is 1. The van der Waals surface area contributed by atoms with Gasteiger partial charge in [0.2, 0.25) is 11.8 Å². The molecule has 0 saturated heterocycles. The molecule has 2 heterocycles. The van der Waals surface area contributed by atoms with Gasteiger partial charge in [-0.2, -0.15) is 5.26 Å². The lowest BCUT2D eigenvalue weighted by atomic mass is 10.2. The second kappa shape index (κ2) is 11.5. The maximum absolute atomic E-state index is 12.9. The van der Waals surface area contributed by atoms with Crippen LogP contribution in [0.3, 0.4) is 0 Å². The fraction of sp³-hybridized carbons (Fsp3) is 0.320. The summed E-state index contributed by atoms with van der Waals surface area (Å²) in [5.74, 6) is 0.112. The average Bonchev–Trinajstić information content (AvgIpc) is 3.41. The van der Waals surface area contributed by atoms with Crippen LogP contribution in [0.1, 0.15) is 34.2 Å². The molecule has 1 aromatic carbocycles. The Kier molecular flexibility index (Phi) is 8.41. The molecule has 0 bridgehead atoms. The minimum absolute atomic E-state index is 0.0579. The summed E-state index contributed by atoms with van der Waals surface area (Å²) in [6.45, 7) is 7.52. The Morgan fingerprint density at radius 2 is 1.82 bits per heavy atom. The van der Waals surface area contributed by atoms with Crippen molar-refractivity contribution < 1.29 is 9.59 Å². The summed E-state index contributed by atoms with van der Waals surface area (Å²) in [5, 5.41) is 17.5. The van der Waals surface area contributed by atoms with Crippen molar-refractivity contribution >= 4 is 29.0 Å². The molecule has 7 nitrogen and oxygen atoms in total. The third kappa shape index (κ3) is 6.31. The summed E-state index contributed by atoms with van der Waals surface area (Å²) in [6, 6.07) is 16.1. The third-order valence-corrected chi connectivity index (χ3v) is 6.48. The molecule has 2 N–H and O–H groups in total. The number of nitrogens with one attached hydrogen (secondary N) is 2. The van der Waals surface area contributed by atoms with Crippen LogP contribution >= 0.6 is 11.3 Å². The molecule has 0 fully saturated rings. The Hall–Kier alpha value is -3.41. The Bertz CT molecular complexity index is 1130. The zero-order chi connectivity index (χ0) is 23.8. The molecule has 3 aromatic rings. The normalized spacial score (nSPS) is 10.8. The molecule has 0 aliphatic rings. The number of amides is 2. The van der Waals surface area contributed by atoms with Gasteiger partial charge in [0.25, 0.3) is 0 Å². The smallest absolute Gasteiger partial charge is 0.239 e. The number of thiophene rings is 1. The molecule has 0 aliphatic carbocycles. The highest BCUT2D eigenvalue weighted by atomic mass is 32.1. The summed E-state index contributed by atoms with van der Waals surface area (Å²) in [5.41, 5.74) is 3.33. The number of nitrogens with zero attached hydrogens (tertiary/aromatic N) is 3. The first-order valence-corrected chi connectivity index (χ1v) is 11.8. The van der Waals surface area contributed by atoms with E-state index in [1.54, 1.807) is 16.2 Å². The van der Waals surface area contributed by atoms with Gasteiger partial charge in [0.05, 0.1) is 25.2 Å². The number of hydrogen-bond donors (Lipinski definition) is 2. The van der Waals surface area contributed by atoms with Gasteiger partial charge in [-0.15, -0.1) is 11.3 Å². The van der Waals surface area contributed by atoms with Crippen molar-refractivity contribution in [1.29, 1.82) is 5.26 Å². The average molecular weight is 464 g/mol. The summed E-state index contributed by atoms with van der Waals surface area (Å²) < 4.78 is 1.96. The van der Waals surface area contributed by atoms with Gasteiger partial charge in [0.15, 0.2) is 0 Å². The standard InChI is InChI=1S/C25H29N5O2S/c1-4-29(16-23(31)27-14-21-11-8-12-33-21)17-24(32)28-25-22(13-26)18(2)19(3)30(25)15-20-9-6-5-7-10-20/h5-12H,4,14-17H2,1-3H3,(H,27,31)(H,28,32). The van der Waals surface area contributed by atoms with Gasteiger partial charge < -0.3 is 15.2 Å². The Balaban J connectivity index is 1.67. The summed E-state index contributed by atoms with van der Waals surface area (Å²) in [6.07, 6.45) is 0. The molecule has 33 heavy (non-hydrogen) atoms. The van der Waals surface area contributed by atoms with Crippen LogP contribution < -0.4 is 10.6 Å². The Morgan fingerprint density at radius 1 is 1.09 bits per heavy atom. The quantitative estimate of drug-likeness (QED) is 0.480. The van der Waals surface area contributed by atoms with Crippen molar-refractivity contribution in [2.75, 3.05) is 25.0 Å². The Morgan fingerprint density at radius 3 is 2.45 bits per heavy atom. The highest BCUT2D eigenvalue weighted by Gasteiger charge is 2.21. The first kappa shape index (κ1) is 24.2. The zero-order valence-corrected chi connectivity index (χ0v) is 20.0. The van der Waals surface area contributed by atoms with Crippen LogP contribution in [0.2, 0.25) is 0 Å². The van der Waals surface area contributed by atoms with Gasteiger partial charge in [-0.1, -0.05) is 43.3 Å². The number of aromatic nitrogens is 1. The Labute approximate surface area is 198 Å². The van der Waals surface area contributed by atoms with Crippen LogP contribution in [-0.2, 0) is 22.7 Å². The molecule has 0 atom stereocenters. The minimum atomic E-state index is -0.258. The highest BCUT2D eigenvalue weighted by molar-refractivity contribution is 7.09. The number of likely N-dealkylation sites (N-methyl/N-ethyl adjacent to an activating group) is 1. The maximum Gasteiger partial charge on any atom is 0.239 e. The fourth-order valence-corrected chi connectivity index (χ4v) is 4.25. The molecule has 0 radical (unpaired) electrons. The van der Waals surface area contributed by atoms with Gasteiger partial charge in [0.1, 0.15) is 11.9 Å². The lowest BCUT2D eigenvalue weighted by Crippen LogP contribution is -2.41. The van der Waals surface area contributed by atoms with Gasteiger partial charge in [-0.3, -0.25) is 14.5 Å². The van der Waals surface area contributed by atoms with E-state index in [0.717, 1.165) is 21.7 Å². The number of carbonyl (C=O) groups is 2. The second-order valence-electron chi connectivity index (χ2n) is 7.83. The first-order chi connectivity index (χ1) is 15.9. The van der Waals surface area contributed by atoms with E-state index < -0.39 is 0 Å². The van der Waals surface area contributed by atoms with Crippen LogP contribution in [-0.4, -0.2) is 40.9 Å². The SMILES string of the molecule is CCN(CC(=O)NCc1cccs1)CC(=O)Nc1c(C#N)c(C)c(C)n1Cc1ccccc1. The summed E-state index contributed by atoms with van der Waals surface area (Å²) >= 11 is 1.59. The van der Waals surface area contributed by atoms with Gasteiger partial charge in [0, 0.05) is 17.1 Å². The molecule has 2 aromatic heterocycles. The van der Waals surface area contributed by atoms with E-state index in [2.05, 4.69) is 16.7 Å². The van der Waals surface area contributed by atoms with E-state index in [0.29, 0.717) is 31.0 Å². The number of hydrogen-bond acceptors (Lipinski definition) is 5. The van der Waals surface area contributed by atoms with Crippen LogP contribution in [0.15, 0.2) is 47.8 Å². The third-order valence-electron chi connectivity index (χ3n) is 5.60. The van der Waals surface area contributed by atoms with Gasteiger partial charge in [-0.25, -0.2) is 0 Å². The van der Waals surface area contributed by atoms with Crippen molar-refractivity contribution in [3.8, 4) is 6.07 Å². The molecule has 172 valence electrons. The summed E-state index contributed by atoms with van der Waals surface area (Å²) in [4.78, 5) is 28.1. The van der Waals surface area contributed by atoms with Crippen LogP contribution in [0.25, 0.3) is 0 Å². The van der Waals surface area contributed by atoms with Crippen molar-refractivity contribution in [3.05, 3.63) is 75.1 Å². The van der Waals surface area contributed by atoms with Crippen LogP contribution in [0.4, 0.5) is 5.82 Å². The van der Waals surface area contributed by atoms with Crippen LogP contribution in [0, 0.1) is 25.2 Å². The van der Waals surface area contributed by atoms with Crippen LogP contribution in [0.5, 0.6) is 0 Å². The molecule has 2 amide bonds. The van der Waals surface area contributed by atoms with E-state index in [4.69, 9.17) is 0 Å². The van der Waals surface area contributed by atoms with Crippen molar-refractivity contribution in [2.24, 2.45) is 0 Å². The van der Waals surface area contributed by atoms with Crippen molar-refractivity contribution in [3.63, 3.8) is 0 Å². The molecule has 0 aliphatic heterocycles.